The standard InChI is InChI=1S/C10H10O3S.C6H9NO/c1-3-8-6-5-7-10(9(8)4-2)14(11,12)13;1-2-7-5-3-4-6(7)8/h3-7H,1-2H2,(H,11,12,13);2H,1,3-5H2. The summed E-state index contributed by atoms with van der Waals surface area (Å²) in [7, 11) is -4.20. The number of benzene rings is 1. The molecule has 118 valence electrons. The third-order valence-corrected chi connectivity index (χ3v) is 4.04. The van der Waals surface area contributed by atoms with Gasteiger partial charge in [0.2, 0.25) is 5.91 Å². The Balaban J connectivity index is 0.000000255. The highest BCUT2D eigenvalue weighted by molar-refractivity contribution is 7.85. The molecule has 1 aromatic rings. The lowest BCUT2D eigenvalue weighted by molar-refractivity contribution is -0.125. The van der Waals surface area contributed by atoms with Crippen LogP contribution in [-0.4, -0.2) is 30.3 Å². The second-order valence-corrected chi connectivity index (χ2v) is 5.91. The maximum atomic E-state index is 11.0. The van der Waals surface area contributed by atoms with Crippen LogP contribution in [0.1, 0.15) is 24.0 Å². The Morgan fingerprint density at radius 1 is 1.18 bits per heavy atom. The molecule has 22 heavy (non-hydrogen) atoms. The predicted octanol–water partition coefficient (Wildman–Crippen LogP) is 2.97. The minimum atomic E-state index is -4.20. The lowest BCUT2D eigenvalue weighted by atomic mass is 10.1. The molecule has 5 nitrogen and oxygen atoms in total. The fourth-order valence-electron chi connectivity index (χ4n) is 2.04. The largest absolute Gasteiger partial charge is 0.320 e. The van der Waals surface area contributed by atoms with Gasteiger partial charge in [0, 0.05) is 18.5 Å². The van der Waals surface area contributed by atoms with Gasteiger partial charge in [0.1, 0.15) is 4.90 Å². The molecular weight excluding hydrogens is 302 g/mol. The number of likely N-dealkylation sites (tertiary alicyclic amines) is 1. The maximum absolute atomic E-state index is 11.0. The average Bonchev–Trinajstić information content (AvgIpc) is 2.91. The highest BCUT2D eigenvalue weighted by Crippen LogP contribution is 2.21. The molecule has 0 aromatic heterocycles. The van der Waals surface area contributed by atoms with E-state index in [2.05, 4.69) is 19.7 Å². The van der Waals surface area contributed by atoms with Gasteiger partial charge >= 0.3 is 0 Å². The summed E-state index contributed by atoms with van der Waals surface area (Å²) in [5.74, 6) is 0.208. The van der Waals surface area contributed by atoms with Crippen LogP contribution in [0.5, 0.6) is 0 Å². The maximum Gasteiger partial charge on any atom is 0.295 e. The van der Waals surface area contributed by atoms with Crippen LogP contribution in [0, 0.1) is 0 Å². The van der Waals surface area contributed by atoms with E-state index in [0.29, 0.717) is 17.5 Å². The van der Waals surface area contributed by atoms with E-state index in [9.17, 15) is 13.2 Å². The van der Waals surface area contributed by atoms with Gasteiger partial charge in [-0.05, 0) is 24.3 Å². The number of hydrogen-bond donors (Lipinski definition) is 1. The lowest BCUT2D eigenvalue weighted by Crippen LogP contribution is -2.16. The van der Waals surface area contributed by atoms with E-state index >= 15 is 0 Å². The number of amides is 1. The van der Waals surface area contributed by atoms with Crippen molar-refractivity contribution in [3.8, 4) is 0 Å². The SMILES string of the molecule is C=CN1CCCC1=O.C=Cc1cccc(S(=O)(=O)O)c1C=C. The number of carbonyl (C=O) groups excluding carboxylic acids is 1. The molecule has 0 atom stereocenters. The molecule has 0 saturated carbocycles. The molecule has 1 N–H and O–H groups in total. The van der Waals surface area contributed by atoms with Gasteiger partial charge in [0.15, 0.2) is 0 Å². The van der Waals surface area contributed by atoms with Crippen molar-refractivity contribution in [2.45, 2.75) is 17.7 Å². The summed E-state index contributed by atoms with van der Waals surface area (Å²) >= 11 is 0. The van der Waals surface area contributed by atoms with Gasteiger partial charge in [-0.25, -0.2) is 0 Å². The van der Waals surface area contributed by atoms with E-state index in [1.54, 1.807) is 17.2 Å². The monoisotopic (exact) mass is 321 g/mol. The number of nitrogens with zero attached hydrogens (tertiary/aromatic N) is 1. The Morgan fingerprint density at radius 2 is 1.86 bits per heavy atom. The number of carbonyl (C=O) groups is 1. The van der Waals surface area contributed by atoms with Crippen LogP contribution in [0.15, 0.2) is 49.0 Å². The summed E-state index contributed by atoms with van der Waals surface area (Å²) in [5, 5.41) is 0. The van der Waals surface area contributed by atoms with Crippen molar-refractivity contribution < 1.29 is 17.8 Å². The second kappa shape index (κ2) is 7.72. The van der Waals surface area contributed by atoms with Crippen LogP contribution in [0.2, 0.25) is 0 Å². The Kier molecular flexibility index (Phi) is 6.27. The number of rotatable bonds is 4. The fourth-order valence-corrected chi connectivity index (χ4v) is 2.77. The van der Waals surface area contributed by atoms with Gasteiger partial charge in [0.05, 0.1) is 0 Å². The summed E-state index contributed by atoms with van der Waals surface area (Å²) in [5.41, 5.74) is 0.986. The molecule has 1 amide bonds. The molecule has 1 saturated heterocycles. The van der Waals surface area contributed by atoms with Crippen LogP contribution >= 0.6 is 0 Å². The van der Waals surface area contributed by atoms with E-state index in [0.717, 1.165) is 13.0 Å². The quantitative estimate of drug-likeness (QED) is 0.865. The second-order valence-electron chi connectivity index (χ2n) is 4.52. The fraction of sp³-hybridized carbons (Fsp3) is 0.188. The van der Waals surface area contributed by atoms with Crippen molar-refractivity contribution in [3.63, 3.8) is 0 Å². The van der Waals surface area contributed by atoms with Crippen molar-refractivity contribution in [1.82, 2.24) is 4.90 Å². The Bertz CT molecular complexity index is 692. The van der Waals surface area contributed by atoms with Gasteiger partial charge in [-0.1, -0.05) is 44.0 Å². The van der Waals surface area contributed by atoms with E-state index in [1.165, 1.54) is 24.3 Å². The number of hydrogen-bond acceptors (Lipinski definition) is 3. The zero-order chi connectivity index (χ0) is 16.8. The van der Waals surface area contributed by atoms with Gasteiger partial charge in [-0.2, -0.15) is 8.42 Å². The first-order chi connectivity index (χ1) is 10.3. The van der Waals surface area contributed by atoms with Crippen LogP contribution in [0.4, 0.5) is 0 Å². The van der Waals surface area contributed by atoms with Crippen molar-refractivity contribution >= 4 is 28.2 Å². The zero-order valence-electron chi connectivity index (χ0n) is 12.2. The van der Waals surface area contributed by atoms with Crippen molar-refractivity contribution in [2.24, 2.45) is 0 Å². The van der Waals surface area contributed by atoms with Gasteiger partial charge in [-0.15, -0.1) is 0 Å². The molecule has 1 aromatic carbocycles. The van der Waals surface area contributed by atoms with Crippen molar-refractivity contribution in [3.05, 3.63) is 55.3 Å². The Morgan fingerprint density at radius 3 is 2.23 bits per heavy atom. The summed E-state index contributed by atoms with van der Waals surface area (Å²) in [4.78, 5) is 12.2. The molecule has 0 radical (unpaired) electrons. The summed E-state index contributed by atoms with van der Waals surface area (Å²) in [6.07, 6.45) is 6.16. The molecule has 0 unspecified atom stereocenters. The minimum absolute atomic E-state index is 0.148. The Hall–Kier alpha value is -2.18. The summed E-state index contributed by atoms with van der Waals surface area (Å²) in [6, 6.07) is 4.55. The third-order valence-electron chi connectivity index (χ3n) is 3.13. The molecule has 1 heterocycles. The van der Waals surface area contributed by atoms with Gasteiger partial charge in [-0.3, -0.25) is 9.35 Å². The molecule has 0 bridgehead atoms. The molecule has 1 fully saturated rings. The summed E-state index contributed by atoms with van der Waals surface area (Å²) < 4.78 is 30.8. The van der Waals surface area contributed by atoms with E-state index in [-0.39, 0.29) is 10.8 Å². The first kappa shape index (κ1) is 17.9. The van der Waals surface area contributed by atoms with E-state index in [1.807, 2.05) is 0 Å². The smallest absolute Gasteiger partial charge is 0.295 e. The van der Waals surface area contributed by atoms with Gasteiger partial charge < -0.3 is 4.90 Å². The molecule has 0 spiro atoms. The van der Waals surface area contributed by atoms with Crippen molar-refractivity contribution in [1.29, 1.82) is 0 Å². The van der Waals surface area contributed by atoms with Crippen molar-refractivity contribution in [2.75, 3.05) is 6.54 Å². The first-order valence-electron chi connectivity index (χ1n) is 6.62. The van der Waals surface area contributed by atoms with Crippen LogP contribution in [0.25, 0.3) is 12.2 Å². The summed E-state index contributed by atoms with van der Waals surface area (Å²) in [6.45, 7) is 11.4. The zero-order valence-corrected chi connectivity index (χ0v) is 13.1. The lowest BCUT2D eigenvalue weighted by Gasteiger charge is -2.05. The van der Waals surface area contributed by atoms with Crippen LogP contribution < -0.4 is 0 Å². The normalized spacial score (nSPS) is 14.0. The molecular formula is C16H19NO4S. The van der Waals surface area contributed by atoms with Crippen LogP contribution in [-0.2, 0) is 14.9 Å². The molecule has 0 aliphatic carbocycles. The predicted molar refractivity (Wildman–Crippen MR) is 87.6 cm³/mol. The Labute approximate surface area is 131 Å². The average molecular weight is 321 g/mol. The highest BCUT2D eigenvalue weighted by Gasteiger charge is 2.16. The highest BCUT2D eigenvalue weighted by atomic mass is 32.2. The van der Waals surface area contributed by atoms with Crippen LogP contribution in [0.3, 0.4) is 0 Å². The molecule has 1 aliphatic heterocycles. The minimum Gasteiger partial charge on any atom is -0.320 e. The third kappa shape index (κ3) is 4.41. The molecule has 6 heteroatoms. The van der Waals surface area contributed by atoms with E-state index in [4.69, 9.17) is 4.55 Å². The van der Waals surface area contributed by atoms with Gasteiger partial charge in [0.25, 0.3) is 10.1 Å². The first-order valence-corrected chi connectivity index (χ1v) is 8.06. The molecule has 1 aliphatic rings. The molecule has 2 rings (SSSR count). The topological polar surface area (TPSA) is 74.7 Å². The van der Waals surface area contributed by atoms with E-state index < -0.39 is 10.1 Å².